The zero-order chi connectivity index (χ0) is 17.8. The van der Waals surface area contributed by atoms with Crippen molar-refractivity contribution in [1.29, 1.82) is 0 Å². The molecule has 0 aliphatic carbocycles. The van der Waals surface area contributed by atoms with E-state index >= 15 is 0 Å². The number of benzene rings is 2. The van der Waals surface area contributed by atoms with Crippen LogP contribution in [0.1, 0.15) is 5.69 Å². The van der Waals surface area contributed by atoms with Gasteiger partial charge in [0.1, 0.15) is 11.6 Å². The number of hydrogen-bond acceptors (Lipinski definition) is 5. The van der Waals surface area contributed by atoms with Crippen molar-refractivity contribution < 1.29 is 4.74 Å². The van der Waals surface area contributed by atoms with Crippen LogP contribution in [0.15, 0.2) is 72.9 Å². The Kier molecular flexibility index (Phi) is 4.43. The molecule has 0 unspecified atom stereocenters. The molecule has 2 heterocycles. The molecule has 128 valence electrons. The van der Waals surface area contributed by atoms with Gasteiger partial charge in [-0.05, 0) is 48.5 Å². The lowest BCUT2D eigenvalue weighted by atomic mass is 10.1. The number of fused-ring (bicyclic) bond motifs is 1. The van der Waals surface area contributed by atoms with Gasteiger partial charge in [0.15, 0.2) is 5.82 Å². The molecule has 0 atom stereocenters. The highest BCUT2D eigenvalue weighted by atomic mass is 16.5. The molecule has 0 radical (unpaired) electrons. The first-order chi connectivity index (χ1) is 12.8. The number of nitrogens with zero attached hydrogens (tertiary/aromatic N) is 3. The molecule has 4 aromatic rings. The number of ether oxygens (including phenoxy) is 1. The van der Waals surface area contributed by atoms with E-state index in [2.05, 4.69) is 10.3 Å². The van der Waals surface area contributed by atoms with E-state index in [1.54, 1.807) is 13.3 Å². The predicted molar refractivity (Wildman–Crippen MR) is 103 cm³/mol. The number of rotatable bonds is 5. The number of methoxy groups -OCH3 is 1. The van der Waals surface area contributed by atoms with Crippen molar-refractivity contribution in [3.8, 4) is 17.1 Å². The van der Waals surface area contributed by atoms with Crippen molar-refractivity contribution in [3.63, 3.8) is 0 Å². The minimum atomic E-state index is 0.601. The molecule has 5 heteroatoms. The van der Waals surface area contributed by atoms with Crippen LogP contribution in [-0.2, 0) is 6.54 Å². The molecule has 2 aromatic heterocycles. The van der Waals surface area contributed by atoms with Crippen molar-refractivity contribution in [2.45, 2.75) is 6.54 Å². The largest absolute Gasteiger partial charge is 0.497 e. The van der Waals surface area contributed by atoms with Crippen molar-refractivity contribution in [2.24, 2.45) is 0 Å². The molecule has 26 heavy (non-hydrogen) atoms. The third-order valence-electron chi connectivity index (χ3n) is 4.11. The van der Waals surface area contributed by atoms with Crippen molar-refractivity contribution >= 4 is 16.7 Å². The zero-order valence-corrected chi connectivity index (χ0v) is 14.4. The van der Waals surface area contributed by atoms with E-state index in [0.29, 0.717) is 12.4 Å². The fraction of sp³-hybridized carbons (Fsp3) is 0.0952. The van der Waals surface area contributed by atoms with Gasteiger partial charge in [-0.15, -0.1) is 0 Å². The Morgan fingerprint density at radius 2 is 1.69 bits per heavy atom. The van der Waals surface area contributed by atoms with Gasteiger partial charge in [-0.2, -0.15) is 0 Å². The van der Waals surface area contributed by atoms with Gasteiger partial charge in [0.05, 0.1) is 24.9 Å². The third-order valence-corrected chi connectivity index (χ3v) is 4.11. The second-order valence-electron chi connectivity index (χ2n) is 5.82. The lowest BCUT2D eigenvalue weighted by molar-refractivity contribution is 0.415. The Balaban J connectivity index is 1.72. The van der Waals surface area contributed by atoms with E-state index in [1.807, 2.05) is 66.7 Å². The minimum Gasteiger partial charge on any atom is -0.497 e. The van der Waals surface area contributed by atoms with Gasteiger partial charge < -0.3 is 10.1 Å². The monoisotopic (exact) mass is 342 g/mol. The zero-order valence-electron chi connectivity index (χ0n) is 14.4. The van der Waals surface area contributed by atoms with Gasteiger partial charge in [0, 0.05) is 17.1 Å². The van der Waals surface area contributed by atoms with E-state index in [1.165, 1.54) is 0 Å². The molecule has 0 bridgehead atoms. The number of para-hydroxylation sites is 1. The van der Waals surface area contributed by atoms with Gasteiger partial charge in [-0.3, -0.25) is 4.98 Å². The first kappa shape index (κ1) is 16.0. The fourth-order valence-electron chi connectivity index (χ4n) is 2.76. The molecule has 4 rings (SSSR count). The van der Waals surface area contributed by atoms with Crippen molar-refractivity contribution in [1.82, 2.24) is 15.0 Å². The van der Waals surface area contributed by atoms with Gasteiger partial charge >= 0.3 is 0 Å². The van der Waals surface area contributed by atoms with Crippen LogP contribution in [0.2, 0.25) is 0 Å². The maximum absolute atomic E-state index is 5.23. The van der Waals surface area contributed by atoms with Crippen molar-refractivity contribution in [3.05, 3.63) is 78.6 Å². The van der Waals surface area contributed by atoms with Crippen LogP contribution in [-0.4, -0.2) is 22.1 Å². The average molecular weight is 342 g/mol. The lowest BCUT2D eigenvalue weighted by Crippen LogP contribution is -2.05. The van der Waals surface area contributed by atoms with E-state index in [4.69, 9.17) is 14.7 Å². The smallest absolute Gasteiger partial charge is 0.162 e. The molecule has 0 saturated carbocycles. The van der Waals surface area contributed by atoms with E-state index in [9.17, 15) is 0 Å². The molecule has 0 aliphatic heterocycles. The number of hydrogen-bond donors (Lipinski definition) is 1. The first-order valence-corrected chi connectivity index (χ1v) is 8.38. The summed E-state index contributed by atoms with van der Waals surface area (Å²) in [5.41, 5.74) is 2.80. The molecule has 0 saturated heterocycles. The molecule has 0 fully saturated rings. The maximum atomic E-state index is 5.23. The summed E-state index contributed by atoms with van der Waals surface area (Å²) in [6.45, 7) is 0.601. The quantitative estimate of drug-likeness (QED) is 0.585. The summed E-state index contributed by atoms with van der Waals surface area (Å²) in [6, 6.07) is 21.6. The Morgan fingerprint density at radius 3 is 2.46 bits per heavy atom. The van der Waals surface area contributed by atoms with E-state index in [0.717, 1.165) is 33.7 Å². The predicted octanol–water partition coefficient (Wildman–Crippen LogP) is 4.31. The highest BCUT2D eigenvalue weighted by Crippen LogP contribution is 2.26. The fourth-order valence-corrected chi connectivity index (χ4v) is 2.76. The summed E-state index contributed by atoms with van der Waals surface area (Å²) >= 11 is 0. The highest BCUT2D eigenvalue weighted by Gasteiger charge is 2.09. The minimum absolute atomic E-state index is 0.601. The molecule has 2 aromatic carbocycles. The summed E-state index contributed by atoms with van der Waals surface area (Å²) in [4.78, 5) is 13.8. The maximum Gasteiger partial charge on any atom is 0.162 e. The van der Waals surface area contributed by atoms with Gasteiger partial charge in [-0.25, -0.2) is 9.97 Å². The van der Waals surface area contributed by atoms with Crippen LogP contribution in [0.3, 0.4) is 0 Å². The van der Waals surface area contributed by atoms with Crippen LogP contribution in [0.5, 0.6) is 5.75 Å². The van der Waals surface area contributed by atoms with Gasteiger partial charge in [0.25, 0.3) is 0 Å². The van der Waals surface area contributed by atoms with Crippen LogP contribution in [0.4, 0.5) is 5.82 Å². The summed E-state index contributed by atoms with van der Waals surface area (Å²) in [7, 11) is 1.65. The molecule has 1 N–H and O–H groups in total. The molecule has 0 aliphatic rings. The summed E-state index contributed by atoms with van der Waals surface area (Å²) < 4.78 is 5.23. The standard InChI is InChI=1S/C21H18N4O/c1-26-17-11-9-15(10-12-17)20-24-19-8-3-2-7-18(19)21(25-20)23-14-16-6-4-5-13-22-16/h2-13H,14H2,1H3,(H,23,24,25). The van der Waals surface area contributed by atoms with Crippen LogP contribution in [0, 0.1) is 0 Å². The topological polar surface area (TPSA) is 59.9 Å². The average Bonchev–Trinajstić information content (AvgIpc) is 2.72. The normalized spacial score (nSPS) is 10.7. The third kappa shape index (κ3) is 3.32. The Labute approximate surface area is 151 Å². The number of aromatic nitrogens is 3. The Morgan fingerprint density at radius 1 is 0.885 bits per heavy atom. The second-order valence-corrected chi connectivity index (χ2v) is 5.82. The lowest BCUT2D eigenvalue weighted by Gasteiger charge is -2.11. The SMILES string of the molecule is COc1ccc(-c2nc(NCc3ccccn3)c3ccccc3n2)cc1. The molecule has 5 nitrogen and oxygen atoms in total. The van der Waals surface area contributed by atoms with Gasteiger partial charge in [-0.1, -0.05) is 18.2 Å². The second kappa shape index (κ2) is 7.19. The van der Waals surface area contributed by atoms with Crippen molar-refractivity contribution in [2.75, 3.05) is 12.4 Å². The summed E-state index contributed by atoms with van der Waals surface area (Å²) in [5.74, 6) is 2.28. The first-order valence-electron chi connectivity index (χ1n) is 8.38. The molecular weight excluding hydrogens is 324 g/mol. The molecule has 0 amide bonds. The summed E-state index contributed by atoms with van der Waals surface area (Å²) in [6.07, 6.45) is 1.79. The number of anilines is 1. The molecule has 0 spiro atoms. The van der Waals surface area contributed by atoms with E-state index in [-0.39, 0.29) is 0 Å². The Bertz CT molecular complexity index is 1020. The van der Waals surface area contributed by atoms with E-state index < -0.39 is 0 Å². The summed E-state index contributed by atoms with van der Waals surface area (Å²) in [5, 5.41) is 4.39. The Hall–Kier alpha value is -3.47. The van der Waals surface area contributed by atoms with Gasteiger partial charge in [0.2, 0.25) is 0 Å². The highest BCUT2D eigenvalue weighted by molar-refractivity contribution is 5.90. The van der Waals surface area contributed by atoms with Crippen LogP contribution >= 0.6 is 0 Å². The number of pyridine rings is 1. The van der Waals surface area contributed by atoms with Crippen LogP contribution in [0.25, 0.3) is 22.3 Å². The number of nitrogens with one attached hydrogen (secondary N) is 1. The molecular formula is C21H18N4O. The van der Waals surface area contributed by atoms with Crippen LogP contribution < -0.4 is 10.1 Å².